The minimum absolute atomic E-state index is 0.101. The molecule has 0 spiro atoms. The first-order valence-electron chi connectivity index (χ1n) is 4.43. The van der Waals surface area contributed by atoms with E-state index in [-0.39, 0.29) is 12.6 Å². The fraction of sp³-hybridized carbons (Fsp3) is 0.750. The molecule has 0 unspecified atom stereocenters. The second-order valence-corrected chi connectivity index (χ2v) is 3.36. The molecule has 0 amide bonds. The summed E-state index contributed by atoms with van der Waals surface area (Å²) in [6.07, 6.45) is -2.83. The zero-order valence-electron chi connectivity index (χ0n) is 8.45. The Balaban J connectivity index is 2.47. The molecule has 0 aliphatic rings. The molecule has 1 heterocycles. The number of aromatic nitrogens is 3. The number of halogens is 3. The first kappa shape index (κ1) is 12.0. The summed E-state index contributed by atoms with van der Waals surface area (Å²) < 4.78 is 41.5. The topological polar surface area (TPSA) is 39.9 Å². The highest BCUT2D eigenvalue weighted by molar-refractivity contribution is 4.85. The fourth-order valence-corrected chi connectivity index (χ4v) is 1.06. The summed E-state index contributed by atoms with van der Waals surface area (Å²) in [5.74, 6) is 0.397. The molecule has 0 saturated carbocycles. The molecule has 0 aromatic carbocycles. The van der Waals surface area contributed by atoms with E-state index in [0.717, 1.165) is 0 Å². The van der Waals surface area contributed by atoms with Gasteiger partial charge in [-0.1, -0.05) is 0 Å². The Labute approximate surface area is 85.1 Å². The van der Waals surface area contributed by atoms with E-state index in [0.29, 0.717) is 5.82 Å². The number of nitrogens with zero attached hydrogens (tertiary/aromatic N) is 3. The highest BCUT2D eigenvalue weighted by Crippen LogP contribution is 2.15. The van der Waals surface area contributed by atoms with Crippen LogP contribution in [0, 0.1) is 0 Å². The SMILES string of the molecule is CC(C)n1cnnc1COCC(F)(F)F. The first-order chi connectivity index (χ1) is 6.90. The smallest absolute Gasteiger partial charge is 0.364 e. The highest BCUT2D eigenvalue weighted by Gasteiger charge is 2.27. The van der Waals surface area contributed by atoms with E-state index in [1.54, 1.807) is 4.57 Å². The maximum Gasteiger partial charge on any atom is 0.411 e. The minimum Gasteiger partial charge on any atom is -0.364 e. The largest absolute Gasteiger partial charge is 0.411 e. The Morgan fingerprint density at radius 1 is 1.47 bits per heavy atom. The molecule has 0 atom stereocenters. The van der Waals surface area contributed by atoms with Crippen molar-refractivity contribution in [2.24, 2.45) is 0 Å². The van der Waals surface area contributed by atoms with Crippen LogP contribution in [0.1, 0.15) is 25.7 Å². The number of rotatable bonds is 4. The van der Waals surface area contributed by atoms with Crippen molar-refractivity contribution in [2.75, 3.05) is 6.61 Å². The lowest BCUT2D eigenvalue weighted by molar-refractivity contribution is -0.177. The molecular formula is C8H12F3N3O. The zero-order valence-corrected chi connectivity index (χ0v) is 8.45. The van der Waals surface area contributed by atoms with E-state index >= 15 is 0 Å². The molecule has 7 heteroatoms. The lowest BCUT2D eigenvalue weighted by atomic mass is 10.4. The molecule has 0 aliphatic carbocycles. The lowest BCUT2D eigenvalue weighted by Gasteiger charge is -2.11. The third kappa shape index (κ3) is 3.86. The predicted molar refractivity (Wildman–Crippen MR) is 46.1 cm³/mol. The van der Waals surface area contributed by atoms with Gasteiger partial charge in [0, 0.05) is 6.04 Å². The molecule has 0 N–H and O–H groups in total. The number of hydrogen-bond acceptors (Lipinski definition) is 3. The molecule has 0 aliphatic heterocycles. The summed E-state index contributed by atoms with van der Waals surface area (Å²) in [5.41, 5.74) is 0. The van der Waals surface area contributed by atoms with Crippen molar-refractivity contribution in [3.63, 3.8) is 0 Å². The van der Waals surface area contributed by atoms with Crippen molar-refractivity contribution < 1.29 is 17.9 Å². The third-order valence-electron chi connectivity index (χ3n) is 1.70. The minimum atomic E-state index is -4.30. The van der Waals surface area contributed by atoms with Crippen LogP contribution in [-0.4, -0.2) is 27.5 Å². The van der Waals surface area contributed by atoms with Gasteiger partial charge in [-0.3, -0.25) is 0 Å². The number of ether oxygens (including phenoxy) is 1. The quantitative estimate of drug-likeness (QED) is 0.783. The Kier molecular flexibility index (Phi) is 3.67. The molecule has 86 valence electrons. The van der Waals surface area contributed by atoms with Gasteiger partial charge in [0.15, 0.2) is 5.82 Å². The van der Waals surface area contributed by atoms with Gasteiger partial charge in [0.1, 0.15) is 19.5 Å². The van der Waals surface area contributed by atoms with Crippen LogP contribution in [0.3, 0.4) is 0 Å². The average Bonchev–Trinajstić information content (AvgIpc) is 2.49. The third-order valence-corrected chi connectivity index (χ3v) is 1.70. The van der Waals surface area contributed by atoms with Gasteiger partial charge in [-0.2, -0.15) is 13.2 Å². The van der Waals surface area contributed by atoms with Crippen molar-refractivity contribution in [2.45, 2.75) is 32.7 Å². The molecule has 0 radical (unpaired) electrons. The first-order valence-corrected chi connectivity index (χ1v) is 4.43. The summed E-state index contributed by atoms with van der Waals surface area (Å²) in [4.78, 5) is 0. The molecule has 1 aromatic heterocycles. The van der Waals surface area contributed by atoms with Crippen LogP contribution >= 0.6 is 0 Å². The van der Waals surface area contributed by atoms with Crippen molar-refractivity contribution in [1.82, 2.24) is 14.8 Å². The Bertz CT molecular complexity index is 308. The summed E-state index contributed by atoms with van der Waals surface area (Å²) in [6, 6.07) is 0.101. The highest BCUT2D eigenvalue weighted by atomic mass is 19.4. The van der Waals surface area contributed by atoms with Gasteiger partial charge in [-0.25, -0.2) is 0 Å². The summed E-state index contributed by atoms with van der Waals surface area (Å²) in [7, 11) is 0. The van der Waals surface area contributed by atoms with E-state index in [4.69, 9.17) is 0 Å². The molecule has 1 rings (SSSR count). The summed E-state index contributed by atoms with van der Waals surface area (Å²) in [5, 5.41) is 7.29. The normalized spacial score (nSPS) is 12.4. The Morgan fingerprint density at radius 3 is 2.67 bits per heavy atom. The van der Waals surface area contributed by atoms with Crippen molar-refractivity contribution >= 4 is 0 Å². The zero-order chi connectivity index (χ0) is 11.5. The molecule has 4 nitrogen and oxygen atoms in total. The Morgan fingerprint density at radius 2 is 2.13 bits per heavy atom. The second-order valence-electron chi connectivity index (χ2n) is 3.36. The van der Waals surface area contributed by atoms with Gasteiger partial charge in [0.2, 0.25) is 0 Å². The fourth-order valence-electron chi connectivity index (χ4n) is 1.06. The average molecular weight is 223 g/mol. The molecule has 1 aromatic rings. The van der Waals surface area contributed by atoms with E-state index in [1.807, 2.05) is 13.8 Å². The molecule has 0 fully saturated rings. The van der Waals surface area contributed by atoms with Crippen LogP contribution < -0.4 is 0 Å². The summed E-state index contributed by atoms with van der Waals surface area (Å²) >= 11 is 0. The van der Waals surface area contributed by atoms with E-state index in [1.165, 1.54) is 6.33 Å². The molecule has 0 bridgehead atoms. The standard InChI is InChI=1S/C8H12F3N3O/c1-6(2)14-5-12-13-7(14)3-15-4-8(9,10)11/h5-6H,3-4H2,1-2H3. The van der Waals surface area contributed by atoms with Crippen molar-refractivity contribution in [1.29, 1.82) is 0 Å². The maximum absolute atomic E-state index is 11.8. The molecule has 0 saturated heterocycles. The lowest BCUT2D eigenvalue weighted by Crippen LogP contribution is -2.18. The molecular weight excluding hydrogens is 211 g/mol. The number of alkyl halides is 3. The van der Waals surface area contributed by atoms with Gasteiger partial charge < -0.3 is 9.30 Å². The van der Waals surface area contributed by atoms with Gasteiger partial charge in [-0.15, -0.1) is 10.2 Å². The van der Waals surface area contributed by atoms with Crippen LogP contribution in [0.25, 0.3) is 0 Å². The van der Waals surface area contributed by atoms with Crippen LogP contribution in [0.2, 0.25) is 0 Å². The van der Waals surface area contributed by atoms with Gasteiger partial charge in [-0.05, 0) is 13.8 Å². The van der Waals surface area contributed by atoms with E-state index in [2.05, 4.69) is 14.9 Å². The van der Waals surface area contributed by atoms with Gasteiger partial charge in [0.05, 0.1) is 0 Å². The maximum atomic E-state index is 11.8. The van der Waals surface area contributed by atoms with E-state index < -0.39 is 12.8 Å². The van der Waals surface area contributed by atoms with Gasteiger partial charge >= 0.3 is 6.18 Å². The monoisotopic (exact) mass is 223 g/mol. The Hall–Kier alpha value is -1.11. The van der Waals surface area contributed by atoms with E-state index in [9.17, 15) is 13.2 Å². The number of hydrogen-bond donors (Lipinski definition) is 0. The predicted octanol–water partition coefficient (Wildman–Crippen LogP) is 1.94. The van der Waals surface area contributed by atoms with Crippen molar-refractivity contribution in [3.8, 4) is 0 Å². The molecule has 15 heavy (non-hydrogen) atoms. The van der Waals surface area contributed by atoms with Crippen LogP contribution in [0.15, 0.2) is 6.33 Å². The van der Waals surface area contributed by atoms with Crippen LogP contribution in [0.5, 0.6) is 0 Å². The summed E-state index contributed by atoms with van der Waals surface area (Å²) in [6.45, 7) is 2.32. The van der Waals surface area contributed by atoms with Crippen molar-refractivity contribution in [3.05, 3.63) is 12.2 Å². The van der Waals surface area contributed by atoms with Gasteiger partial charge in [0.25, 0.3) is 0 Å². The second kappa shape index (κ2) is 4.61. The van der Waals surface area contributed by atoms with Crippen LogP contribution in [-0.2, 0) is 11.3 Å². The van der Waals surface area contributed by atoms with Crippen LogP contribution in [0.4, 0.5) is 13.2 Å².